The number of amides is 1. The van der Waals surface area contributed by atoms with Crippen molar-refractivity contribution in [3.63, 3.8) is 0 Å². The Morgan fingerprint density at radius 2 is 1.91 bits per heavy atom. The Hall–Kier alpha value is -1.01. The van der Waals surface area contributed by atoms with Crippen molar-refractivity contribution in [1.82, 2.24) is 9.80 Å². The zero-order chi connectivity index (χ0) is 16.3. The molecule has 2 aliphatic rings. The highest BCUT2D eigenvalue weighted by atomic mass is 35.5. The van der Waals surface area contributed by atoms with E-state index in [-0.39, 0.29) is 30.1 Å². The van der Waals surface area contributed by atoms with Crippen LogP contribution in [0.15, 0.2) is 0 Å². The molecular weight excluding hydrogens is 308 g/mol. The Balaban J connectivity index is 2.04. The average Bonchev–Trinajstić information content (AvgIpc) is 2.34. The summed E-state index contributed by atoms with van der Waals surface area (Å²) >= 11 is 5.48. The molecule has 2 heterocycles. The first-order valence-electron chi connectivity index (χ1n) is 7.74. The molecule has 2 aliphatic heterocycles. The maximum Gasteiger partial charge on any atom is 0.410 e. The van der Waals surface area contributed by atoms with Crippen molar-refractivity contribution < 1.29 is 19.1 Å². The predicted molar refractivity (Wildman–Crippen MR) is 82.7 cm³/mol. The van der Waals surface area contributed by atoms with Crippen LogP contribution < -0.4 is 0 Å². The molecule has 0 aromatic carbocycles. The van der Waals surface area contributed by atoms with Gasteiger partial charge in [-0.3, -0.25) is 9.69 Å². The van der Waals surface area contributed by atoms with E-state index >= 15 is 0 Å². The van der Waals surface area contributed by atoms with E-state index in [1.54, 1.807) is 4.90 Å². The first kappa shape index (κ1) is 17.3. The maximum atomic E-state index is 12.3. The number of rotatable bonds is 3. The first-order chi connectivity index (χ1) is 10.3. The molecule has 0 N–H and O–H groups in total. The van der Waals surface area contributed by atoms with Crippen LogP contribution in [0.25, 0.3) is 0 Å². The summed E-state index contributed by atoms with van der Waals surface area (Å²) in [6.45, 7) is 8.46. The third-order valence-electron chi connectivity index (χ3n) is 4.02. The molecule has 7 heteroatoms. The number of esters is 1. The van der Waals surface area contributed by atoms with Gasteiger partial charge in [-0.15, -0.1) is 0 Å². The van der Waals surface area contributed by atoms with Gasteiger partial charge >= 0.3 is 12.1 Å². The Kier molecular flexibility index (Phi) is 5.55. The third kappa shape index (κ3) is 4.49. The lowest BCUT2D eigenvalue weighted by Gasteiger charge is -2.45. The van der Waals surface area contributed by atoms with Gasteiger partial charge in [-0.25, -0.2) is 4.79 Å². The van der Waals surface area contributed by atoms with Gasteiger partial charge in [-0.05, 0) is 46.7 Å². The number of carbonyl (C=O) groups excluding carboxylic acids is 2. The molecule has 1 amide bonds. The molecule has 0 saturated carbocycles. The molecule has 2 rings (SSSR count). The van der Waals surface area contributed by atoms with Gasteiger partial charge in [-0.1, -0.05) is 11.6 Å². The second-order valence-electron chi connectivity index (χ2n) is 6.93. The van der Waals surface area contributed by atoms with Crippen LogP contribution in [0.2, 0.25) is 0 Å². The fourth-order valence-electron chi connectivity index (χ4n) is 2.86. The second-order valence-corrected chi connectivity index (χ2v) is 7.15. The SMILES string of the molecule is CC(C)(C)OC(=O)N1CC(C(=O)OCCl)CC(N2CCC2)C1. The largest absolute Gasteiger partial charge is 0.449 e. The van der Waals surface area contributed by atoms with Gasteiger partial charge in [-0.2, -0.15) is 0 Å². The molecule has 2 unspecified atom stereocenters. The van der Waals surface area contributed by atoms with Gasteiger partial charge in [0.05, 0.1) is 5.92 Å². The van der Waals surface area contributed by atoms with Crippen LogP contribution in [0.3, 0.4) is 0 Å². The van der Waals surface area contributed by atoms with Crippen molar-refractivity contribution in [2.24, 2.45) is 5.92 Å². The minimum Gasteiger partial charge on any atom is -0.449 e. The smallest absolute Gasteiger partial charge is 0.410 e. The standard InChI is InChI=1S/C15H25ClN2O4/c1-15(2,3)22-14(20)18-8-11(13(19)21-10-16)7-12(9-18)17-5-4-6-17/h11-12H,4-10H2,1-3H3. The summed E-state index contributed by atoms with van der Waals surface area (Å²) in [4.78, 5) is 28.3. The van der Waals surface area contributed by atoms with E-state index in [0.717, 1.165) is 13.1 Å². The molecule has 0 bridgehead atoms. The summed E-state index contributed by atoms with van der Waals surface area (Å²) < 4.78 is 10.4. The lowest BCUT2D eigenvalue weighted by Crippen LogP contribution is -2.57. The zero-order valence-electron chi connectivity index (χ0n) is 13.5. The van der Waals surface area contributed by atoms with Gasteiger partial charge in [0, 0.05) is 19.1 Å². The Morgan fingerprint density at radius 1 is 1.23 bits per heavy atom. The van der Waals surface area contributed by atoms with Crippen molar-refractivity contribution in [2.45, 2.75) is 45.3 Å². The summed E-state index contributed by atoms with van der Waals surface area (Å²) in [7, 11) is 0. The van der Waals surface area contributed by atoms with Crippen LogP contribution in [0.5, 0.6) is 0 Å². The van der Waals surface area contributed by atoms with Crippen LogP contribution in [0.1, 0.15) is 33.6 Å². The Bertz CT molecular complexity index is 420. The van der Waals surface area contributed by atoms with Crippen molar-refractivity contribution in [3.8, 4) is 0 Å². The number of hydrogen-bond donors (Lipinski definition) is 0. The number of piperidine rings is 1. The average molecular weight is 333 g/mol. The number of carbonyl (C=O) groups is 2. The molecule has 0 spiro atoms. The maximum absolute atomic E-state index is 12.3. The van der Waals surface area contributed by atoms with Gasteiger partial charge in [0.2, 0.25) is 0 Å². The minimum atomic E-state index is -0.549. The molecule has 0 aromatic rings. The van der Waals surface area contributed by atoms with E-state index in [2.05, 4.69) is 4.90 Å². The van der Waals surface area contributed by atoms with Crippen molar-refractivity contribution in [1.29, 1.82) is 0 Å². The number of alkyl halides is 1. The molecule has 0 radical (unpaired) electrons. The number of likely N-dealkylation sites (tertiary alicyclic amines) is 2. The van der Waals surface area contributed by atoms with E-state index in [0.29, 0.717) is 19.5 Å². The van der Waals surface area contributed by atoms with E-state index in [1.807, 2.05) is 20.8 Å². The van der Waals surface area contributed by atoms with Gasteiger partial charge < -0.3 is 14.4 Å². The van der Waals surface area contributed by atoms with Crippen molar-refractivity contribution in [3.05, 3.63) is 0 Å². The van der Waals surface area contributed by atoms with E-state index < -0.39 is 5.60 Å². The molecular formula is C15H25ClN2O4. The molecule has 2 fully saturated rings. The van der Waals surface area contributed by atoms with Crippen LogP contribution >= 0.6 is 11.6 Å². The minimum absolute atomic E-state index is 0.157. The van der Waals surface area contributed by atoms with Gasteiger partial charge in [0.25, 0.3) is 0 Å². The molecule has 2 saturated heterocycles. The lowest BCUT2D eigenvalue weighted by atomic mass is 9.92. The van der Waals surface area contributed by atoms with Crippen LogP contribution in [-0.4, -0.2) is 65.8 Å². The summed E-state index contributed by atoms with van der Waals surface area (Å²) in [5.74, 6) is -0.681. The number of halogens is 1. The second kappa shape index (κ2) is 7.04. The highest BCUT2D eigenvalue weighted by molar-refractivity contribution is 6.17. The third-order valence-corrected chi connectivity index (χ3v) is 4.13. The number of hydrogen-bond acceptors (Lipinski definition) is 5. The molecule has 22 heavy (non-hydrogen) atoms. The summed E-state index contributed by atoms with van der Waals surface area (Å²) in [6, 6.07) is 0.0266. The number of nitrogens with zero attached hydrogens (tertiary/aromatic N) is 2. The van der Waals surface area contributed by atoms with E-state index in [4.69, 9.17) is 21.1 Å². The summed E-state index contributed by atoms with van der Waals surface area (Å²) in [5, 5.41) is 0. The van der Waals surface area contributed by atoms with Crippen LogP contribution in [0.4, 0.5) is 4.79 Å². The topological polar surface area (TPSA) is 59.1 Å². The molecule has 126 valence electrons. The van der Waals surface area contributed by atoms with Gasteiger partial charge in [0.15, 0.2) is 6.07 Å². The zero-order valence-corrected chi connectivity index (χ0v) is 14.3. The first-order valence-corrected chi connectivity index (χ1v) is 8.28. The summed E-state index contributed by atoms with van der Waals surface area (Å²) in [5.41, 5.74) is -0.549. The van der Waals surface area contributed by atoms with Crippen LogP contribution in [-0.2, 0) is 14.3 Å². The Labute approximate surface area is 136 Å². The van der Waals surface area contributed by atoms with Crippen molar-refractivity contribution >= 4 is 23.7 Å². The van der Waals surface area contributed by atoms with Crippen LogP contribution in [0, 0.1) is 5.92 Å². The van der Waals surface area contributed by atoms with Gasteiger partial charge in [0.1, 0.15) is 5.60 Å². The van der Waals surface area contributed by atoms with E-state index in [1.165, 1.54) is 6.42 Å². The molecule has 0 aromatic heterocycles. The van der Waals surface area contributed by atoms with Crippen molar-refractivity contribution in [2.75, 3.05) is 32.2 Å². The number of ether oxygens (including phenoxy) is 2. The molecule has 6 nitrogen and oxygen atoms in total. The molecule has 2 atom stereocenters. The summed E-state index contributed by atoms with van der Waals surface area (Å²) in [6.07, 6.45) is 1.50. The quantitative estimate of drug-likeness (QED) is 0.585. The highest BCUT2D eigenvalue weighted by Crippen LogP contribution is 2.26. The molecule has 0 aliphatic carbocycles. The Morgan fingerprint density at radius 3 is 2.41 bits per heavy atom. The monoisotopic (exact) mass is 332 g/mol. The fourth-order valence-corrected chi connectivity index (χ4v) is 2.97. The highest BCUT2D eigenvalue weighted by Gasteiger charge is 2.39. The normalized spacial score (nSPS) is 26.3. The fraction of sp³-hybridized carbons (Fsp3) is 0.867. The lowest BCUT2D eigenvalue weighted by molar-refractivity contribution is -0.149. The predicted octanol–water partition coefficient (Wildman–Crippen LogP) is 2.06. The van der Waals surface area contributed by atoms with E-state index in [9.17, 15) is 9.59 Å².